The number of nitriles is 1. The maximum Gasteiger partial charge on any atom is 0.240 e. The van der Waals surface area contributed by atoms with Crippen molar-refractivity contribution in [2.75, 3.05) is 6.54 Å². The van der Waals surface area contributed by atoms with Crippen molar-refractivity contribution in [2.45, 2.75) is 45.0 Å². The number of halogens is 1. The van der Waals surface area contributed by atoms with Crippen LogP contribution in [0, 0.1) is 11.3 Å². The topological polar surface area (TPSA) is 44.1 Å². The Morgan fingerprint density at radius 3 is 2.50 bits per heavy atom. The molecule has 2 atom stereocenters. The van der Waals surface area contributed by atoms with Crippen molar-refractivity contribution in [1.29, 1.82) is 5.26 Å². The van der Waals surface area contributed by atoms with Gasteiger partial charge in [0, 0.05) is 12.6 Å². The predicted molar refractivity (Wildman–Crippen MR) is 57.0 cm³/mol. The monoisotopic (exact) mass is 216 g/mol. The number of carbonyl (C=O) groups is 1. The minimum absolute atomic E-state index is 0.0868. The molecule has 0 radical (unpaired) electrons. The van der Waals surface area contributed by atoms with Gasteiger partial charge in [0.2, 0.25) is 5.91 Å². The molecular weight excluding hydrogens is 200 g/mol. The lowest BCUT2D eigenvalue weighted by atomic mass is 10.2. The number of rotatable bonds is 5. The molecule has 0 aromatic heterocycles. The van der Waals surface area contributed by atoms with Gasteiger partial charge in [-0.15, -0.1) is 11.6 Å². The van der Waals surface area contributed by atoms with E-state index in [1.54, 1.807) is 11.8 Å². The molecule has 0 N–H and O–H groups in total. The first-order valence-electron chi connectivity index (χ1n) is 4.86. The van der Waals surface area contributed by atoms with Gasteiger partial charge < -0.3 is 4.90 Å². The largest absolute Gasteiger partial charge is 0.338 e. The average molecular weight is 217 g/mol. The molecule has 0 saturated carbocycles. The lowest BCUT2D eigenvalue weighted by molar-refractivity contribution is -0.132. The third kappa shape index (κ3) is 3.97. The van der Waals surface area contributed by atoms with E-state index in [-0.39, 0.29) is 11.9 Å². The molecule has 0 aliphatic carbocycles. The highest BCUT2D eigenvalue weighted by atomic mass is 35.5. The summed E-state index contributed by atoms with van der Waals surface area (Å²) in [6.45, 7) is 6.11. The van der Waals surface area contributed by atoms with Gasteiger partial charge in [-0.25, -0.2) is 0 Å². The smallest absolute Gasteiger partial charge is 0.240 e. The van der Waals surface area contributed by atoms with Crippen LogP contribution in [0.25, 0.3) is 0 Å². The zero-order chi connectivity index (χ0) is 11.1. The van der Waals surface area contributed by atoms with E-state index in [4.69, 9.17) is 16.9 Å². The summed E-state index contributed by atoms with van der Waals surface area (Å²) in [6.07, 6.45) is 1.24. The molecule has 0 saturated heterocycles. The Morgan fingerprint density at radius 1 is 1.57 bits per heavy atom. The van der Waals surface area contributed by atoms with Crippen molar-refractivity contribution in [1.82, 2.24) is 4.90 Å². The zero-order valence-corrected chi connectivity index (χ0v) is 9.71. The number of hydrogen-bond acceptors (Lipinski definition) is 2. The molecule has 0 aliphatic heterocycles. The first-order valence-corrected chi connectivity index (χ1v) is 5.29. The second-order valence-corrected chi connectivity index (χ2v) is 3.97. The van der Waals surface area contributed by atoms with Gasteiger partial charge in [0.1, 0.15) is 5.38 Å². The van der Waals surface area contributed by atoms with Gasteiger partial charge in [0.15, 0.2) is 0 Å². The van der Waals surface area contributed by atoms with E-state index in [1.165, 1.54) is 0 Å². The Hall–Kier alpha value is -0.750. The number of nitrogens with zero attached hydrogens (tertiary/aromatic N) is 2. The Balaban J connectivity index is 4.39. The van der Waals surface area contributed by atoms with E-state index in [9.17, 15) is 4.79 Å². The molecule has 3 nitrogen and oxygen atoms in total. The summed E-state index contributed by atoms with van der Waals surface area (Å²) in [6, 6.07) is 2.18. The molecule has 14 heavy (non-hydrogen) atoms. The average Bonchev–Trinajstić information content (AvgIpc) is 2.17. The number of hydrogen-bond donors (Lipinski definition) is 0. The molecule has 0 spiro atoms. The quantitative estimate of drug-likeness (QED) is 0.661. The van der Waals surface area contributed by atoms with Gasteiger partial charge >= 0.3 is 0 Å². The summed E-state index contributed by atoms with van der Waals surface area (Å²) < 4.78 is 0. The molecule has 0 rings (SSSR count). The van der Waals surface area contributed by atoms with Gasteiger partial charge in [-0.05, 0) is 20.3 Å². The maximum absolute atomic E-state index is 11.6. The molecule has 80 valence electrons. The second kappa shape index (κ2) is 6.67. The molecule has 0 fully saturated rings. The fraction of sp³-hybridized carbons (Fsp3) is 0.800. The van der Waals surface area contributed by atoms with Crippen LogP contribution in [-0.4, -0.2) is 28.8 Å². The van der Waals surface area contributed by atoms with Gasteiger partial charge in [-0.3, -0.25) is 4.79 Å². The molecule has 0 aromatic carbocycles. The molecule has 1 amide bonds. The summed E-state index contributed by atoms with van der Waals surface area (Å²) in [5.41, 5.74) is 0. The molecule has 4 heteroatoms. The molecule has 0 bridgehead atoms. The van der Waals surface area contributed by atoms with Gasteiger partial charge in [0.05, 0.1) is 12.5 Å². The molecule has 0 heterocycles. The highest BCUT2D eigenvalue weighted by Gasteiger charge is 2.21. The number of amides is 1. The minimum Gasteiger partial charge on any atom is -0.338 e. The summed E-state index contributed by atoms with van der Waals surface area (Å²) >= 11 is 5.73. The third-order valence-corrected chi connectivity index (χ3v) is 2.40. The third-order valence-electron chi connectivity index (χ3n) is 2.21. The van der Waals surface area contributed by atoms with Crippen LogP contribution >= 0.6 is 11.6 Å². The lowest BCUT2D eigenvalue weighted by Crippen LogP contribution is -2.42. The number of carbonyl (C=O) groups excluding carboxylic acids is 1. The van der Waals surface area contributed by atoms with E-state index in [0.717, 1.165) is 6.42 Å². The first kappa shape index (κ1) is 13.2. The van der Waals surface area contributed by atoms with Crippen molar-refractivity contribution < 1.29 is 4.79 Å². The summed E-state index contributed by atoms with van der Waals surface area (Å²) in [5, 5.41) is 7.96. The van der Waals surface area contributed by atoms with Crippen LogP contribution in [0.1, 0.15) is 33.6 Å². The summed E-state index contributed by atoms with van der Waals surface area (Å²) in [5.74, 6) is -0.0868. The summed E-state index contributed by atoms with van der Waals surface area (Å²) in [4.78, 5) is 13.3. The van der Waals surface area contributed by atoms with Crippen LogP contribution in [0.2, 0.25) is 0 Å². The van der Waals surface area contributed by atoms with Crippen molar-refractivity contribution in [2.24, 2.45) is 0 Å². The fourth-order valence-electron chi connectivity index (χ4n) is 1.17. The Kier molecular flexibility index (Phi) is 6.31. The Morgan fingerprint density at radius 2 is 2.14 bits per heavy atom. The van der Waals surface area contributed by atoms with Crippen LogP contribution in [0.3, 0.4) is 0 Å². The predicted octanol–water partition coefficient (Wildman–Crippen LogP) is 2.15. The van der Waals surface area contributed by atoms with Crippen molar-refractivity contribution >= 4 is 17.5 Å². The van der Waals surface area contributed by atoms with Crippen LogP contribution in [-0.2, 0) is 4.79 Å². The van der Waals surface area contributed by atoms with E-state index in [2.05, 4.69) is 0 Å². The molecule has 0 aromatic rings. The highest BCUT2D eigenvalue weighted by Crippen LogP contribution is 2.09. The first-order chi connectivity index (χ1) is 6.54. The van der Waals surface area contributed by atoms with E-state index < -0.39 is 5.38 Å². The van der Waals surface area contributed by atoms with Gasteiger partial charge in [-0.2, -0.15) is 5.26 Å². The Bertz CT molecular complexity index is 223. The lowest BCUT2D eigenvalue weighted by Gasteiger charge is -2.28. The zero-order valence-electron chi connectivity index (χ0n) is 8.96. The van der Waals surface area contributed by atoms with Crippen LogP contribution < -0.4 is 0 Å². The fourth-order valence-corrected chi connectivity index (χ4v) is 1.29. The summed E-state index contributed by atoms with van der Waals surface area (Å²) in [7, 11) is 0. The Labute approximate surface area is 90.6 Å². The molecule has 0 aliphatic rings. The molecular formula is C10H17ClN2O. The van der Waals surface area contributed by atoms with E-state index in [0.29, 0.717) is 13.0 Å². The van der Waals surface area contributed by atoms with Crippen LogP contribution in [0.4, 0.5) is 0 Å². The SMILES string of the molecule is CCC(C)N(CCC#N)C(=O)C(C)Cl. The minimum atomic E-state index is -0.511. The van der Waals surface area contributed by atoms with E-state index >= 15 is 0 Å². The van der Waals surface area contributed by atoms with E-state index in [1.807, 2.05) is 19.9 Å². The second-order valence-electron chi connectivity index (χ2n) is 3.31. The van der Waals surface area contributed by atoms with Gasteiger partial charge in [0.25, 0.3) is 0 Å². The molecule has 2 unspecified atom stereocenters. The van der Waals surface area contributed by atoms with Crippen LogP contribution in [0.15, 0.2) is 0 Å². The van der Waals surface area contributed by atoms with Gasteiger partial charge in [-0.1, -0.05) is 6.92 Å². The standard InChI is InChI=1S/C10H17ClN2O/c1-4-8(2)13(7-5-6-12)10(14)9(3)11/h8-9H,4-5,7H2,1-3H3. The maximum atomic E-state index is 11.6. The number of alkyl halides is 1. The van der Waals surface area contributed by atoms with Crippen molar-refractivity contribution in [3.05, 3.63) is 0 Å². The normalized spacial score (nSPS) is 14.2. The highest BCUT2D eigenvalue weighted by molar-refractivity contribution is 6.30. The van der Waals surface area contributed by atoms with Crippen molar-refractivity contribution in [3.8, 4) is 6.07 Å². The van der Waals surface area contributed by atoms with Crippen LogP contribution in [0.5, 0.6) is 0 Å². The van der Waals surface area contributed by atoms with Crippen molar-refractivity contribution in [3.63, 3.8) is 0 Å².